The molecule has 2 aliphatic heterocycles. The lowest BCUT2D eigenvalue weighted by Crippen LogP contribution is -2.47. The van der Waals surface area contributed by atoms with Crippen LogP contribution in [0.25, 0.3) is 0 Å². The normalized spacial score (nSPS) is 22.2. The molecule has 1 aliphatic carbocycles. The number of thiocarbonyl (C=S) groups is 1. The summed E-state index contributed by atoms with van der Waals surface area (Å²) in [6, 6.07) is 23.9. The predicted octanol–water partition coefficient (Wildman–Crippen LogP) is 6.47. The molecule has 0 unspecified atom stereocenters. The van der Waals surface area contributed by atoms with Crippen molar-refractivity contribution in [2.24, 2.45) is 11.8 Å². The highest BCUT2D eigenvalue weighted by atomic mass is 32.1. The van der Waals surface area contributed by atoms with E-state index in [1.54, 1.807) is 0 Å². The molecule has 3 aromatic rings. The Morgan fingerprint density at radius 2 is 1.37 bits per heavy atom. The number of nitrogens with one attached hydrogen (secondary N) is 2. The SMILES string of the molecule is C[C@H]1C[C@H](C)CN(c2cc(N3CCN(c4ccccc4)CC3)nc(NC(=S)NCC3(c4ccccc4)CCCCC3)n2)C1. The highest BCUT2D eigenvalue weighted by Gasteiger charge is 2.34. The van der Waals surface area contributed by atoms with Gasteiger partial charge in [-0.05, 0) is 61.0 Å². The first-order valence-corrected chi connectivity index (χ1v) is 16.7. The highest BCUT2D eigenvalue weighted by Crippen LogP contribution is 2.39. The maximum Gasteiger partial charge on any atom is 0.232 e. The number of piperidine rings is 1. The summed E-state index contributed by atoms with van der Waals surface area (Å²) in [5.41, 5.74) is 2.80. The van der Waals surface area contributed by atoms with E-state index >= 15 is 0 Å². The molecule has 2 saturated heterocycles. The number of benzene rings is 2. The number of para-hydroxylation sites is 1. The zero-order valence-electron chi connectivity index (χ0n) is 25.8. The molecule has 6 rings (SSSR count). The summed E-state index contributed by atoms with van der Waals surface area (Å²) in [6.07, 6.45) is 7.46. The summed E-state index contributed by atoms with van der Waals surface area (Å²) in [5, 5.41) is 7.58. The number of piperazine rings is 1. The quantitative estimate of drug-likeness (QED) is 0.301. The molecular formula is C35H47N7S. The molecule has 2 aromatic carbocycles. The largest absolute Gasteiger partial charge is 0.368 e. The van der Waals surface area contributed by atoms with E-state index in [4.69, 9.17) is 22.2 Å². The molecule has 2 N–H and O–H groups in total. The van der Waals surface area contributed by atoms with Crippen molar-refractivity contribution in [2.45, 2.75) is 57.8 Å². The zero-order chi connectivity index (χ0) is 29.6. The van der Waals surface area contributed by atoms with Gasteiger partial charge >= 0.3 is 0 Å². The average Bonchev–Trinajstić information content (AvgIpc) is 3.04. The molecule has 0 bridgehead atoms. The van der Waals surface area contributed by atoms with Crippen molar-refractivity contribution in [1.29, 1.82) is 0 Å². The molecule has 228 valence electrons. The van der Waals surface area contributed by atoms with E-state index in [1.165, 1.54) is 49.8 Å². The van der Waals surface area contributed by atoms with Crippen LogP contribution in [0.4, 0.5) is 23.3 Å². The van der Waals surface area contributed by atoms with Gasteiger partial charge in [0.05, 0.1) is 0 Å². The summed E-state index contributed by atoms with van der Waals surface area (Å²) in [6.45, 7) is 11.3. The molecule has 3 fully saturated rings. The minimum absolute atomic E-state index is 0.109. The van der Waals surface area contributed by atoms with Gasteiger partial charge in [-0.1, -0.05) is 81.6 Å². The third-order valence-electron chi connectivity index (χ3n) is 9.63. The molecule has 7 nitrogen and oxygen atoms in total. The van der Waals surface area contributed by atoms with Gasteiger partial charge in [-0.2, -0.15) is 9.97 Å². The molecule has 8 heteroatoms. The standard InChI is InChI=1S/C35H47N7S/c1-27-22-28(2)25-42(24-27)32-23-31(41-20-18-40(19-21-41)30-14-8-4-9-15-30)37-33(38-32)39-34(43)36-26-35(16-10-5-11-17-35)29-12-6-3-7-13-29/h3-4,6-9,12-15,23,27-28H,5,10-11,16-22,24-26H2,1-2H3,(H2,36,37,38,39,43)/t27-,28-/m0/s1. The van der Waals surface area contributed by atoms with Crippen LogP contribution < -0.4 is 25.3 Å². The van der Waals surface area contributed by atoms with Crippen LogP contribution >= 0.6 is 12.2 Å². The molecule has 3 aliphatic rings. The lowest BCUT2D eigenvalue weighted by Gasteiger charge is -2.39. The van der Waals surface area contributed by atoms with Crippen molar-refractivity contribution >= 4 is 40.6 Å². The topological polar surface area (TPSA) is 59.6 Å². The summed E-state index contributed by atoms with van der Waals surface area (Å²) in [4.78, 5) is 17.4. The van der Waals surface area contributed by atoms with Crippen molar-refractivity contribution in [3.05, 3.63) is 72.3 Å². The van der Waals surface area contributed by atoms with Crippen LogP contribution in [0, 0.1) is 11.8 Å². The van der Waals surface area contributed by atoms with Gasteiger partial charge < -0.3 is 25.3 Å². The zero-order valence-corrected chi connectivity index (χ0v) is 26.7. The fourth-order valence-corrected chi connectivity index (χ4v) is 7.63. The van der Waals surface area contributed by atoms with Crippen molar-refractivity contribution in [3.63, 3.8) is 0 Å². The smallest absolute Gasteiger partial charge is 0.232 e. The lowest BCUT2D eigenvalue weighted by molar-refractivity contribution is 0.292. The van der Waals surface area contributed by atoms with Crippen LogP contribution in [0.1, 0.15) is 57.9 Å². The summed E-state index contributed by atoms with van der Waals surface area (Å²) in [5.74, 6) is 3.83. The van der Waals surface area contributed by atoms with Gasteiger partial charge in [0.1, 0.15) is 11.6 Å². The molecular weight excluding hydrogens is 551 g/mol. The molecule has 0 spiro atoms. The van der Waals surface area contributed by atoms with Gasteiger partial charge in [0.25, 0.3) is 0 Å². The van der Waals surface area contributed by atoms with Gasteiger partial charge in [0, 0.05) is 63.0 Å². The Kier molecular flexibility index (Phi) is 9.31. The molecule has 0 amide bonds. The van der Waals surface area contributed by atoms with E-state index in [2.05, 4.69) is 106 Å². The van der Waals surface area contributed by atoms with Crippen molar-refractivity contribution in [2.75, 3.05) is 65.8 Å². The van der Waals surface area contributed by atoms with Crippen LogP contribution in [0.2, 0.25) is 0 Å². The van der Waals surface area contributed by atoms with E-state index < -0.39 is 0 Å². The second kappa shape index (κ2) is 13.5. The van der Waals surface area contributed by atoms with Crippen molar-refractivity contribution in [1.82, 2.24) is 15.3 Å². The molecule has 1 saturated carbocycles. The first-order valence-electron chi connectivity index (χ1n) is 16.3. The minimum Gasteiger partial charge on any atom is -0.368 e. The summed E-state index contributed by atoms with van der Waals surface area (Å²) >= 11 is 5.87. The van der Waals surface area contributed by atoms with E-state index in [-0.39, 0.29) is 5.41 Å². The third kappa shape index (κ3) is 7.23. The monoisotopic (exact) mass is 597 g/mol. The highest BCUT2D eigenvalue weighted by molar-refractivity contribution is 7.80. The lowest BCUT2D eigenvalue weighted by atomic mass is 9.69. The second-order valence-electron chi connectivity index (χ2n) is 13.1. The van der Waals surface area contributed by atoms with Gasteiger partial charge in [0.2, 0.25) is 5.95 Å². The van der Waals surface area contributed by atoms with E-state index in [9.17, 15) is 0 Å². The molecule has 43 heavy (non-hydrogen) atoms. The molecule has 1 aromatic heterocycles. The first kappa shape index (κ1) is 29.7. The van der Waals surface area contributed by atoms with Crippen molar-refractivity contribution < 1.29 is 0 Å². The summed E-state index contributed by atoms with van der Waals surface area (Å²) < 4.78 is 0. The van der Waals surface area contributed by atoms with Gasteiger partial charge in [0.15, 0.2) is 5.11 Å². The van der Waals surface area contributed by atoms with Gasteiger partial charge in [-0.25, -0.2) is 0 Å². The Bertz CT molecular complexity index is 1330. The van der Waals surface area contributed by atoms with Gasteiger partial charge in [-0.15, -0.1) is 0 Å². The van der Waals surface area contributed by atoms with Crippen LogP contribution in [0.15, 0.2) is 66.7 Å². The second-order valence-corrected chi connectivity index (χ2v) is 13.5. The van der Waals surface area contributed by atoms with E-state index in [0.717, 1.165) is 57.4 Å². The predicted molar refractivity (Wildman–Crippen MR) is 183 cm³/mol. The number of hydrogen-bond acceptors (Lipinski definition) is 6. The van der Waals surface area contributed by atoms with Crippen LogP contribution in [0.5, 0.6) is 0 Å². The summed E-state index contributed by atoms with van der Waals surface area (Å²) in [7, 11) is 0. The fourth-order valence-electron chi connectivity index (χ4n) is 7.47. The molecule has 2 atom stereocenters. The van der Waals surface area contributed by atoms with Crippen LogP contribution in [-0.2, 0) is 5.41 Å². The van der Waals surface area contributed by atoms with Gasteiger partial charge in [-0.3, -0.25) is 0 Å². The Balaban J connectivity index is 1.19. The third-order valence-corrected chi connectivity index (χ3v) is 9.87. The number of nitrogens with zero attached hydrogens (tertiary/aromatic N) is 5. The fraction of sp³-hybridized carbons (Fsp3) is 0.514. The maximum absolute atomic E-state index is 5.87. The number of aromatic nitrogens is 2. The molecule has 3 heterocycles. The Labute approximate surface area is 263 Å². The number of anilines is 4. The minimum atomic E-state index is 0.109. The van der Waals surface area contributed by atoms with Crippen LogP contribution in [-0.4, -0.2) is 60.9 Å². The molecule has 0 radical (unpaired) electrons. The maximum atomic E-state index is 5.87. The van der Waals surface area contributed by atoms with Crippen LogP contribution in [0.3, 0.4) is 0 Å². The first-order chi connectivity index (χ1) is 21.0. The Morgan fingerprint density at radius 1 is 0.791 bits per heavy atom. The average molecular weight is 598 g/mol. The number of rotatable bonds is 7. The Hall–Kier alpha value is -3.39. The van der Waals surface area contributed by atoms with Crippen molar-refractivity contribution in [3.8, 4) is 0 Å². The number of hydrogen-bond donors (Lipinski definition) is 2. The van der Waals surface area contributed by atoms with E-state index in [1.807, 2.05) is 0 Å². The van der Waals surface area contributed by atoms with E-state index in [0.29, 0.717) is 22.9 Å². The Morgan fingerprint density at radius 3 is 2.02 bits per heavy atom.